The number of carbonyl (C=O) groups is 1. The Balaban J connectivity index is 2.50. The van der Waals surface area contributed by atoms with E-state index in [4.69, 9.17) is 4.74 Å². The van der Waals surface area contributed by atoms with Crippen LogP contribution in [0.15, 0.2) is 18.2 Å². The van der Waals surface area contributed by atoms with Crippen LogP contribution in [-0.4, -0.2) is 19.6 Å². The highest BCUT2D eigenvalue weighted by Gasteiger charge is 2.39. The van der Waals surface area contributed by atoms with Gasteiger partial charge in [-0.3, -0.25) is 4.79 Å². The molecule has 0 bridgehead atoms. The summed E-state index contributed by atoms with van der Waals surface area (Å²) in [6.45, 7) is 2.31. The van der Waals surface area contributed by atoms with E-state index in [9.17, 15) is 9.18 Å². The van der Waals surface area contributed by atoms with Crippen LogP contribution < -0.4 is 10.1 Å². The van der Waals surface area contributed by atoms with Crippen LogP contribution in [0.4, 0.5) is 4.39 Å². The zero-order valence-electron chi connectivity index (χ0n) is 9.34. The first kappa shape index (κ1) is 10.9. The van der Waals surface area contributed by atoms with Crippen LogP contribution in [0.3, 0.4) is 0 Å². The van der Waals surface area contributed by atoms with Gasteiger partial charge in [-0.1, -0.05) is 13.0 Å². The van der Waals surface area contributed by atoms with Crippen molar-refractivity contribution in [1.29, 1.82) is 0 Å². The third-order valence-electron chi connectivity index (χ3n) is 3.03. The smallest absolute Gasteiger partial charge is 0.220 e. The summed E-state index contributed by atoms with van der Waals surface area (Å²) in [7, 11) is 1.51. The van der Waals surface area contributed by atoms with Crippen LogP contribution in [0.1, 0.15) is 18.9 Å². The van der Waals surface area contributed by atoms with Crippen molar-refractivity contribution in [2.24, 2.45) is 0 Å². The molecular formula is C12H14FNO2. The number of hydrogen-bond donors (Lipinski definition) is 1. The number of nitrogens with one attached hydrogen (secondary N) is 1. The SMILES string of the molecule is COc1cccc(F)c1C1(C)CNC(=O)C1. The molecule has 0 aliphatic carbocycles. The van der Waals surface area contributed by atoms with Crippen molar-refractivity contribution in [1.82, 2.24) is 5.32 Å². The first-order valence-electron chi connectivity index (χ1n) is 5.16. The lowest BCUT2D eigenvalue weighted by molar-refractivity contribution is -0.119. The van der Waals surface area contributed by atoms with Gasteiger partial charge in [0.2, 0.25) is 5.91 Å². The maximum Gasteiger partial charge on any atom is 0.220 e. The maximum atomic E-state index is 13.8. The van der Waals surface area contributed by atoms with Gasteiger partial charge in [-0.15, -0.1) is 0 Å². The first-order valence-corrected chi connectivity index (χ1v) is 5.16. The predicted octanol–water partition coefficient (Wildman–Crippen LogP) is 1.61. The van der Waals surface area contributed by atoms with E-state index >= 15 is 0 Å². The summed E-state index contributed by atoms with van der Waals surface area (Å²) in [4.78, 5) is 11.3. The van der Waals surface area contributed by atoms with E-state index in [0.29, 0.717) is 24.3 Å². The van der Waals surface area contributed by atoms with Crippen LogP contribution >= 0.6 is 0 Å². The van der Waals surface area contributed by atoms with Gasteiger partial charge in [0.1, 0.15) is 11.6 Å². The number of amides is 1. The summed E-state index contributed by atoms with van der Waals surface area (Å²) in [5, 5.41) is 2.73. The third-order valence-corrected chi connectivity index (χ3v) is 3.03. The molecule has 0 aromatic heterocycles. The van der Waals surface area contributed by atoms with Crippen molar-refractivity contribution < 1.29 is 13.9 Å². The minimum Gasteiger partial charge on any atom is -0.496 e. The third kappa shape index (κ3) is 1.64. The minimum absolute atomic E-state index is 0.0483. The van der Waals surface area contributed by atoms with E-state index in [1.807, 2.05) is 6.92 Å². The highest BCUT2D eigenvalue weighted by atomic mass is 19.1. The van der Waals surface area contributed by atoms with Crippen LogP contribution in [0.5, 0.6) is 5.75 Å². The zero-order valence-corrected chi connectivity index (χ0v) is 9.34. The monoisotopic (exact) mass is 223 g/mol. The average molecular weight is 223 g/mol. The molecule has 3 nitrogen and oxygen atoms in total. The topological polar surface area (TPSA) is 38.3 Å². The standard InChI is InChI=1S/C12H14FNO2/c1-12(6-10(15)14-7-12)11-8(13)4-3-5-9(11)16-2/h3-5H,6-7H2,1-2H3,(H,14,15). The molecule has 1 fully saturated rings. The van der Waals surface area contributed by atoms with Crippen molar-refractivity contribution in [3.8, 4) is 5.75 Å². The number of benzene rings is 1. The largest absolute Gasteiger partial charge is 0.496 e. The molecule has 1 aromatic carbocycles. The number of carbonyl (C=O) groups excluding carboxylic acids is 1. The van der Waals surface area contributed by atoms with Crippen LogP contribution in [0.25, 0.3) is 0 Å². The Labute approximate surface area is 93.6 Å². The summed E-state index contributed by atoms with van der Waals surface area (Å²) >= 11 is 0. The van der Waals surface area contributed by atoms with Gasteiger partial charge in [0.15, 0.2) is 0 Å². The second-order valence-corrected chi connectivity index (χ2v) is 4.33. The van der Waals surface area contributed by atoms with Gasteiger partial charge in [-0.2, -0.15) is 0 Å². The van der Waals surface area contributed by atoms with Gasteiger partial charge in [-0.05, 0) is 12.1 Å². The molecule has 1 saturated heterocycles. The molecule has 1 heterocycles. The van der Waals surface area contributed by atoms with Crippen molar-refractivity contribution >= 4 is 5.91 Å². The molecule has 1 unspecified atom stereocenters. The quantitative estimate of drug-likeness (QED) is 0.827. The van der Waals surface area contributed by atoms with Gasteiger partial charge in [0.25, 0.3) is 0 Å². The molecule has 1 aromatic rings. The molecule has 1 amide bonds. The lowest BCUT2D eigenvalue weighted by atomic mass is 9.81. The summed E-state index contributed by atoms with van der Waals surface area (Å²) in [5.74, 6) is 0.130. The Morgan fingerprint density at radius 1 is 1.50 bits per heavy atom. The van der Waals surface area contributed by atoms with E-state index < -0.39 is 5.41 Å². The molecule has 4 heteroatoms. The molecule has 16 heavy (non-hydrogen) atoms. The lowest BCUT2D eigenvalue weighted by Gasteiger charge is -2.24. The fourth-order valence-electron chi connectivity index (χ4n) is 2.21. The fourth-order valence-corrected chi connectivity index (χ4v) is 2.21. The lowest BCUT2D eigenvalue weighted by Crippen LogP contribution is -2.26. The molecule has 0 saturated carbocycles. The maximum absolute atomic E-state index is 13.8. The molecular weight excluding hydrogens is 209 g/mol. The van der Waals surface area contributed by atoms with E-state index in [1.54, 1.807) is 12.1 Å². The molecule has 1 atom stereocenters. The van der Waals surface area contributed by atoms with Crippen LogP contribution in [0.2, 0.25) is 0 Å². The van der Waals surface area contributed by atoms with Gasteiger partial charge >= 0.3 is 0 Å². The molecule has 1 N–H and O–H groups in total. The number of rotatable bonds is 2. The summed E-state index contributed by atoms with van der Waals surface area (Å²) in [6.07, 6.45) is 0.296. The van der Waals surface area contributed by atoms with Crippen molar-refractivity contribution in [3.63, 3.8) is 0 Å². The Hall–Kier alpha value is -1.58. The fraction of sp³-hybridized carbons (Fsp3) is 0.417. The Kier molecular flexibility index (Phi) is 2.58. The first-order chi connectivity index (χ1) is 7.57. The van der Waals surface area contributed by atoms with Crippen molar-refractivity contribution in [2.45, 2.75) is 18.8 Å². The van der Waals surface area contributed by atoms with Gasteiger partial charge in [-0.25, -0.2) is 4.39 Å². The summed E-state index contributed by atoms with van der Waals surface area (Å²) < 4.78 is 19.0. The van der Waals surface area contributed by atoms with Crippen LogP contribution in [0, 0.1) is 5.82 Å². The summed E-state index contributed by atoms with van der Waals surface area (Å²) in [6, 6.07) is 4.71. The minimum atomic E-state index is -0.520. The average Bonchev–Trinajstić information content (AvgIpc) is 2.59. The van der Waals surface area contributed by atoms with Crippen molar-refractivity contribution in [3.05, 3.63) is 29.6 Å². The Morgan fingerprint density at radius 3 is 2.81 bits per heavy atom. The second kappa shape index (κ2) is 3.77. The number of halogens is 1. The normalized spacial score (nSPS) is 24.3. The van der Waals surface area contributed by atoms with E-state index in [1.165, 1.54) is 13.2 Å². The van der Waals surface area contributed by atoms with E-state index in [2.05, 4.69) is 5.32 Å². The van der Waals surface area contributed by atoms with Gasteiger partial charge in [0.05, 0.1) is 7.11 Å². The Bertz CT molecular complexity index is 433. The molecule has 2 rings (SSSR count). The molecule has 1 aliphatic rings. The highest BCUT2D eigenvalue weighted by Crippen LogP contribution is 2.38. The van der Waals surface area contributed by atoms with E-state index in [0.717, 1.165) is 0 Å². The second-order valence-electron chi connectivity index (χ2n) is 4.33. The van der Waals surface area contributed by atoms with E-state index in [-0.39, 0.29) is 11.7 Å². The molecule has 86 valence electrons. The number of methoxy groups -OCH3 is 1. The molecule has 1 aliphatic heterocycles. The predicted molar refractivity (Wildman–Crippen MR) is 57.9 cm³/mol. The molecule has 0 radical (unpaired) electrons. The van der Waals surface area contributed by atoms with Crippen LogP contribution in [-0.2, 0) is 10.2 Å². The van der Waals surface area contributed by atoms with Gasteiger partial charge < -0.3 is 10.1 Å². The van der Waals surface area contributed by atoms with Crippen molar-refractivity contribution in [2.75, 3.05) is 13.7 Å². The summed E-state index contributed by atoms with van der Waals surface area (Å²) in [5.41, 5.74) is -0.0378. The zero-order chi connectivity index (χ0) is 11.8. The highest BCUT2D eigenvalue weighted by molar-refractivity contribution is 5.81. The number of ether oxygens (including phenoxy) is 1. The Morgan fingerprint density at radius 2 is 2.25 bits per heavy atom. The van der Waals surface area contributed by atoms with Gasteiger partial charge in [0, 0.05) is 23.9 Å². The number of hydrogen-bond acceptors (Lipinski definition) is 2. The molecule has 0 spiro atoms.